The van der Waals surface area contributed by atoms with Crippen molar-refractivity contribution in [3.05, 3.63) is 88.8 Å². The topological polar surface area (TPSA) is 50.5 Å². The number of nitrogens with zero attached hydrogens (tertiary/aromatic N) is 1. The molecule has 0 aliphatic carbocycles. The zero-order valence-corrected chi connectivity index (χ0v) is 16.1. The summed E-state index contributed by atoms with van der Waals surface area (Å²) in [5.74, 6) is -0.238. The molecule has 0 unspecified atom stereocenters. The highest BCUT2D eigenvalue weighted by atomic mass is 32.2. The van der Waals surface area contributed by atoms with Gasteiger partial charge in [0.2, 0.25) is 0 Å². The molecule has 2 heterocycles. The van der Waals surface area contributed by atoms with Crippen LogP contribution in [0.3, 0.4) is 0 Å². The monoisotopic (exact) mass is 411 g/mol. The van der Waals surface area contributed by atoms with Crippen molar-refractivity contribution < 1.29 is 18.4 Å². The highest BCUT2D eigenvalue weighted by Gasteiger charge is 2.35. The molecule has 28 heavy (non-hydrogen) atoms. The molecule has 1 fully saturated rings. The van der Waals surface area contributed by atoms with Gasteiger partial charge < -0.3 is 4.42 Å². The summed E-state index contributed by atoms with van der Waals surface area (Å²) in [6.45, 7) is 0.107. The summed E-state index contributed by atoms with van der Waals surface area (Å²) in [5.41, 5.74) is 0.685. The van der Waals surface area contributed by atoms with Crippen molar-refractivity contribution in [1.82, 2.24) is 4.90 Å². The van der Waals surface area contributed by atoms with Crippen LogP contribution in [-0.4, -0.2) is 16.0 Å². The maximum atomic E-state index is 13.0. The van der Waals surface area contributed by atoms with Gasteiger partial charge in [0.1, 0.15) is 11.6 Å². The lowest BCUT2D eigenvalue weighted by molar-refractivity contribution is -0.123. The number of furan rings is 1. The van der Waals surface area contributed by atoms with Crippen LogP contribution in [0.2, 0.25) is 0 Å². The number of rotatable bonds is 5. The number of amides is 2. The summed E-state index contributed by atoms with van der Waals surface area (Å²) >= 11 is 2.35. The maximum Gasteiger partial charge on any atom is 0.293 e. The summed E-state index contributed by atoms with van der Waals surface area (Å²) < 4.78 is 18.8. The van der Waals surface area contributed by atoms with E-state index in [2.05, 4.69) is 0 Å². The van der Waals surface area contributed by atoms with Crippen molar-refractivity contribution in [1.29, 1.82) is 0 Å². The Bertz CT molecular complexity index is 1050. The fourth-order valence-electron chi connectivity index (χ4n) is 2.61. The second kappa shape index (κ2) is 8.08. The molecule has 140 valence electrons. The summed E-state index contributed by atoms with van der Waals surface area (Å²) in [6, 6.07) is 19.1. The SMILES string of the molecule is O=C1SC(=Cc2ccc(Sc3ccccc3)o2)C(=O)N1Cc1ccc(F)cc1. The molecule has 4 nitrogen and oxygen atoms in total. The van der Waals surface area contributed by atoms with Gasteiger partial charge in [-0.15, -0.1) is 0 Å². The molecule has 0 saturated carbocycles. The van der Waals surface area contributed by atoms with Gasteiger partial charge in [-0.1, -0.05) is 42.1 Å². The Morgan fingerprint density at radius 2 is 1.75 bits per heavy atom. The Kier molecular flexibility index (Phi) is 5.36. The zero-order valence-electron chi connectivity index (χ0n) is 14.5. The molecule has 4 rings (SSSR count). The average Bonchev–Trinajstić information content (AvgIpc) is 3.24. The van der Waals surface area contributed by atoms with Gasteiger partial charge in [0.25, 0.3) is 11.1 Å². The number of benzene rings is 2. The van der Waals surface area contributed by atoms with Crippen LogP contribution in [-0.2, 0) is 11.3 Å². The highest BCUT2D eigenvalue weighted by Crippen LogP contribution is 2.35. The molecule has 1 aliphatic heterocycles. The van der Waals surface area contributed by atoms with E-state index in [0.717, 1.165) is 21.6 Å². The lowest BCUT2D eigenvalue weighted by Gasteiger charge is -2.12. The summed E-state index contributed by atoms with van der Waals surface area (Å²) in [7, 11) is 0. The van der Waals surface area contributed by atoms with E-state index in [1.165, 1.54) is 23.9 Å². The molecule has 0 spiro atoms. The molecule has 2 amide bonds. The van der Waals surface area contributed by atoms with Crippen molar-refractivity contribution in [3.63, 3.8) is 0 Å². The molecular formula is C21H14FNO3S2. The summed E-state index contributed by atoms with van der Waals surface area (Å²) in [5, 5.41) is 0.342. The van der Waals surface area contributed by atoms with Gasteiger partial charge in [-0.25, -0.2) is 4.39 Å². The number of carbonyl (C=O) groups excluding carboxylic acids is 2. The third-order valence-corrected chi connectivity index (χ3v) is 5.80. The third kappa shape index (κ3) is 4.21. The van der Waals surface area contributed by atoms with E-state index in [-0.39, 0.29) is 23.5 Å². The van der Waals surface area contributed by atoms with Crippen molar-refractivity contribution >= 4 is 40.7 Å². The second-order valence-corrected chi connectivity index (χ2v) is 8.04. The van der Waals surface area contributed by atoms with E-state index < -0.39 is 0 Å². The lowest BCUT2D eigenvalue weighted by atomic mass is 10.2. The largest absolute Gasteiger partial charge is 0.450 e. The van der Waals surface area contributed by atoms with Crippen LogP contribution in [0.15, 0.2) is 86.0 Å². The molecule has 1 saturated heterocycles. The van der Waals surface area contributed by atoms with Gasteiger partial charge in [0.15, 0.2) is 5.09 Å². The Hall–Kier alpha value is -2.77. The molecule has 0 N–H and O–H groups in total. The van der Waals surface area contributed by atoms with Crippen molar-refractivity contribution in [2.75, 3.05) is 0 Å². The average molecular weight is 411 g/mol. The van der Waals surface area contributed by atoms with Crippen LogP contribution < -0.4 is 0 Å². The van der Waals surface area contributed by atoms with E-state index in [1.807, 2.05) is 36.4 Å². The first-order valence-corrected chi connectivity index (χ1v) is 10.0. The first-order valence-electron chi connectivity index (χ1n) is 8.41. The Labute approximate surface area is 169 Å². The zero-order chi connectivity index (χ0) is 19.5. The summed E-state index contributed by atoms with van der Waals surface area (Å²) in [4.78, 5) is 27.3. The predicted molar refractivity (Wildman–Crippen MR) is 107 cm³/mol. The minimum atomic E-state index is -0.381. The third-order valence-electron chi connectivity index (χ3n) is 3.96. The molecule has 3 aromatic rings. The molecule has 2 aromatic carbocycles. The molecule has 7 heteroatoms. The van der Waals surface area contributed by atoms with Crippen LogP contribution >= 0.6 is 23.5 Å². The van der Waals surface area contributed by atoms with Crippen molar-refractivity contribution in [2.24, 2.45) is 0 Å². The Morgan fingerprint density at radius 1 is 1.00 bits per heavy atom. The summed E-state index contributed by atoms with van der Waals surface area (Å²) in [6.07, 6.45) is 1.57. The fourth-order valence-corrected chi connectivity index (χ4v) is 4.23. The molecule has 1 aliphatic rings. The standard InChI is InChI=1S/C21H14FNO3S2/c22-15-8-6-14(7-9-15)13-23-20(24)18(28-21(23)25)12-16-10-11-19(26-16)27-17-4-2-1-3-5-17/h1-12H,13H2. The minimum absolute atomic E-state index is 0.107. The van der Waals surface area contributed by atoms with E-state index in [0.29, 0.717) is 21.3 Å². The lowest BCUT2D eigenvalue weighted by Crippen LogP contribution is -2.27. The van der Waals surface area contributed by atoms with Crippen LogP contribution in [0.5, 0.6) is 0 Å². The smallest absolute Gasteiger partial charge is 0.293 e. The van der Waals surface area contributed by atoms with Gasteiger partial charge in [-0.3, -0.25) is 14.5 Å². The molecule has 0 atom stereocenters. The van der Waals surface area contributed by atoms with Gasteiger partial charge in [0, 0.05) is 11.0 Å². The maximum absolute atomic E-state index is 13.0. The van der Waals surface area contributed by atoms with Gasteiger partial charge in [-0.2, -0.15) is 0 Å². The second-order valence-electron chi connectivity index (χ2n) is 5.97. The molecular weight excluding hydrogens is 397 g/mol. The first kappa shape index (κ1) is 18.6. The number of carbonyl (C=O) groups is 2. The quantitative estimate of drug-likeness (QED) is 0.496. The van der Waals surface area contributed by atoms with Gasteiger partial charge in [-0.05, 0) is 53.7 Å². The minimum Gasteiger partial charge on any atom is -0.450 e. The number of thioether (sulfide) groups is 1. The molecule has 1 aromatic heterocycles. The normalized spacial score (nSPS) is 15.6. The van der Waals surface area contributed by atoms with Gasteiger partial charge >= 0.3 is 0 Å². The number of hydrogen-bond donors (Lipinski definition) is 0. The Balaban J connectivity index is 1.47. The van der Waals surface area contributed by atoms with Crippen molar-refractivity contribution in [2.45, 2.75) is 16.5 Å². The van der Waals surface area contributed by atoms with E-state index in [9.17, 15) is 14.0 Å². The molecule has 0 radical (unpaired) electrons. The number of halogens is 1. The van der Waals surface area contributed by atoms with E-state index in [4.69, 9.17) is 4.42 Å². The predicted octanol–water partition coefficient (Wildman–Crippen LogP) is 5.81. The van der Waals surface area contributed by atoms with Crippen LogP contribution in [0.1, 0.15) is 11.3 Å². The first-order chi connectivity index (χ1) is 13.6. The van der Waals surface area contributed by atoms with Crippen LogP contribution in [0, 0.1) is 5.82 Å². The van der Waals surface area contributed by atoms with Crippen molar-refractivity contribution in [3.8, 4) is 0 Å². The number of hydrogen-bond acceptors (Lipinski definition) is 5. The van der Waals surface area contributed by atoms with Crippen LogP contribution in [0.4, 0.5) is 9.18 Å². The highest BCUT2D eigenvalue weighted by molar-refractivity contribution is 8.18. The van der Waals surface area contributed by atoms with Crippen LogP contribution in [0.25, 0.3) is 6.08 Å². The van der Waals surface area contributed by atoms with Gasteiger partial charge in [0.05, 0.1) is 11.4 Å². The number of imide groups is 1. The fraction of sp³-hybridized carbons (Fsp3) is 0.0476. The van der Waals surface area contributed by atoms with E-state index >= 15 is 0 Å². The molecule has 0 bridgehead atoms. The Morgan fingerprint density at radius 3 is 2.50 bits per heavy atom. The van der Waals surface area contributed by atoms with E-state index in [1.54, 1.807) is 24.3 Å².